The van der Waals surface area contributed by atoms with E-state index in [1.165, 1.54) is 25.3 Å². The molecule has 1 amide bonds. The maximum atomic E-state index is 13.1. The van der Waals surface area contributed by atoms with E-state index < -0.39 is 15.9 Å². The average molecular weight is 397 g/mol. The van der Waals surface area contributed by atoms with Crippen LogP contribution in [-0.4, -0.2) is 34.0 Å². The zero-order valence-corrected chi connectivity index (χ0v) is 16.3. The normalized spacial score (nSPS) is 11.3. The van der Waals surface area contributed by atoms with E-state index in [1.54, 1.807) is 44.2 Å². The van der Waals surface area contributed by atoms with Crippen molar-refractivity contribution in [2.75, 3.05) is 18.0 Å². The summed E-state index contributed by atoms with van der Waals surface area (Å²) in [4.78, 5) is 12.3. The lowest BCUT2D eigenvalue weighted by Gasteiger charge is -2.25. The Labute approximate surface area is 158 Å². The molecule has 0 saturated carbocycles. The fourth-order valence-electron chi connectivity index (χ4n) is 2.34. The van der Waals surface area contributed by atoms with Crippen molar-refractivity contribution in [2.45, 2.75) is 24.8 Å². The van der Waals surface area contributed by atoms with Crippen LogP contribution in [0.15, 0.2) is 53.4 Å². The molecule has 1 N–H and O–H groups in total. The van der Waals surface area contributed by atoms with Gasteiger partial charge in [0.15, 0.2) is 0 Å². The SMILES string of the molecule is COc1ccc(N(CC(=O)NC(C)C)S(=O)(=O)c2ccccc2)cc1Cl. The second-order valence-corrected chi connectivity index (χ2v) is 8.14. The van der Waals surface area contributed by atoms with Gasteiger partial charge < -0.3 is 10.1 Å². The van der Waals surface area contributed by atoms with Gasteiger partial charge in [0, 0.05) is 6.04 Å². The second kappa shape index (κ2) is 8.42. The molecule has 0 fully saturated rings. The van der Waals surface area contributed by atoms with Gasteiger partial charge in [-0.15, -0.1) is 0 Å². The molecule has 0 bridgehead atoms. The number of amides is 1. The van der Waals surface area contributed by atoms with Gasteiger partial charge >= 0.3 is 0 Å². The third kappa shape index (κ3) is 4.68. The number of halogens is 1. The number of hydrogen-bond donors (Lipinski definition) is 1. The van der Waals surface area contributed by atoms with Crippen molar-refractivity contribution in [1.29, 1.82) is 0 Å². The number of anilines is 1. The van der Waals surface area contributed by atoms with Crippen LogP contribution in [0.2, 0.25) is 5.02 Å². The molecule has 0 aliphatic rings. The molecule has 2 aromatic rings. The van der Waals surface area contributed by atoms with Gasteiger partial charge in [-0.25, -0.2) is 8.42 Å². The van der Waals surface area contributed by atoms with Crippen molar-refractivity contribution in [3.63, 3.8) is 0 Å². The molecule has 0 atom stereocenters. The number of nitrogens with zero attached hydrogens (tertiary/aromatic N) is 1. The highest BCUT2D eigenvalue weighted by atomic mass is 35.5. The van der Waals surface area contributed by atoms with Crippen LogP contribution in [0.4, 0.5) is 5.69 Å². The lowest BCUT2D eigenvalue weighted by Crippen LogP contribution is -2.42. The first-order valence-electron chi connectivity index (χ1n) is 7.96. The van der Waals surface area contributed by atoms with E-state index >= 15 is 0 Å². The number of ether oxygens (including phenoxy) is 1. The summed E-state index contributed by atoms with van der Waals surface area (Å²) in [6, 6.07) is 12.4. The maximum Gasteiger partial charge on any atom is 0.264 e. The number of hydrogen-bond acceptors (Lipinski definition) is 4. The topological polar surface area (TPSA) is 75.7 Å². The summed E-state index contributed by atoms with van der Waals surface area (Å²) in [5, 5.41) is 2.95. The highest BCUT2D eigenvalue weighted by molar-refractivity contribution is 7.92. The number of carbonyl (C=O) groups is 1. The summed E-state index contributed by atoms with van der Waals surface area (Å²) >= 11 is 6.14. The van der Waals surface area contributed by atoms with Crippen LogP contribution in [-0.2, 0) is 14.8 Å². The Hall–Kier alpha value is -2.25. The Morgan fingerprint density at radius 2 is 1.85 bits per heavy atom. The van der Waals surface area contributed by atoms with E-state index in [0.717, 1.165) is 4.31 Å². The Bertz CT molecular complexity index is 870. The van der Waals surface area contributed by atoms with Gasteiger partial charge in [-0.3, -0.25) is 9.10 Å². The molecular weight excluding hydrogens is 376 g/mol. The van der Waals surface area contributed by atoms with Gasteiger partial charge in [-0.05, 0) is 44.2 Å². The highest BCUT2D eigenvalue weighted by Crippen LogP contribution is 2.31. The van der Waals surface area contributed by atoms with Gasteiger partial charge in [-0.1, -0.05) is 29.8 Å². The minimum Gasteiger partial charge on any atom is -0.495 e. The van der Waals surface area contributed by atoms with E-state index in [4.69, 9.17) is 16.3 Å². The fourth-order valence-corrected chi connectivity index (χ4v) is 4.03. The summed E-state index contributed by atoms with van der Waals surface area (Å²) < 4.78 is 32.3. The molecule has 0 aliphatic heterocycles. The minimum absolute atomic E-state index is 0.0873. The second-order valence-electron chi connectivity index (χ2n) is 5.87. The molecule has 0 heterocycles. The molecule has 0 saturated heterocycles. The molecular formula is C18H21ClN2O4S. The monoisotopic (exact) mass is 396 g/mol. The predicted octanol–water partition coefficient (Wildman–Crippen LogP) is 3.07. The quantitative estimate of drug-likeness (QED) is 0.780. The molecule has 0 radical (unpaired) electrons. The molecule has 2 rings (SSSR count). The first-order valence-corrected chi connectivity index (χ1v) is 9.78. The first-order chi connectivity index (χ1) is 12.3. The number of rotatable bonds is 7. The van der Waals surface area contributed by atoms with Crippen LogP contribution in [0, 0.1) is 0 Å². The molecule has 2 aromatic carbocycles. The first kappa shape index (κ1) is 20.1. The van der Waals surface area contributed by atoms with Gasteiger partial charge in [-0.2, -0.15) is 0 Å². The lowest BCUT2D eigenvalue weighted by atomic mass is 10.3. The zero-order chi connectivity index (χ0) is 19.3. The van der Waals surface area contributed by atoms with Crippen LogP contribution in [0.5, 0.6) is 5.75 Å². The Balaban J connectivity index is 2.49. The van der Waals surface area contributed by atoms with Crippen LogP contribution >= 0.6 is 11.6 Å². The van der Waals surface area contributed by atoms with Crippen molar-refractivity contribution in [3.8, 4) is 5.75 Å². The fraction of sp³-hybridized carbons (Fsp3) is 0.278. The molecule has 26 heavy (non-hydrogen) atoms. The van der Waals surface area contributed by atoms with Crippen molar-refractivity contribution in [1.82, 2.24) is 5.32 Å². The van der Waals surface area contributed by atoms with Gasteiger partial charge in [0.1, 0.15) is 12.3 Å². The van der Waals surface area contributed by atoms with E-state index in [1.807, 2.05) is 0 Å². The third-order valence-electron chi connectivity index (χ3n) is 3.49. The summed E-state index contributed by atoms with van der Waals surface area (Å²) in [5.41, 5.74) is 0.276. The van der Waals surface area contributed by atoms with Crippen LogP contribution in [0.3, 0.4) is 0 Å². The van der Waals surface area contributed by atoms with Gasteiger partial charge in [0.25, 0.3) is 10.0 Å². The molecule has 6 nitrogen and oxygen atoms in total. The highest BCUT2D eigenvalue weighted by Gasteiger charge is 2.27. The predicted molar refractivity (Wildman–Crippen MR) is 102 cm³/mol. The van der Waals surface area contributed by atoms with E-state index in [0.29, 0.717) is 5.75 Å². The van der Waals surface area contributed by atoms with Gasteiger partial charge in [0.05, 0.1) is 22.7 Å². The molecule has 8 heteroatoms. The largest absolute Gasteiger partial charge is 0.495 e. The number of carbonyl (C=O) groups excluding carboxylic acids is 1. The standard InChI is InChI=1S/C18H21ClN2O4S/c1-13(2)20-18(22)12-21(14-9-10-17(25-3)16(19)11-14)26(23,24)15-7-5-4-6-8-15/h4-11,13H,12H2,1-3H3,(H,20,22). The maximum absolute atomic E-state index is 13.1. The van der Waals surface area contributed by atoms with E-state index in [9.17, 15) is 13.2 Å². The number of nitrogens with one attached hydrogen (secondary N) is 1. The lowest BCUT2D eigenvalue weighted by molar-refractivity contribution is -0.120. The molecule has 0 spiro atoms. The number of methoxy groups -OCH3 is 1. The molecule has 140 valence electrons. The Morgan fingerprint density at radius 1 is 1.19 bits per heavy atom. The summed E-state index contributed by atoms with van der Waals surface area (Å²) in [5.74, 6) is 0.00514. The zero-order valence-electron chi connectivity index (χ0n) is 14.8. The third-order valence-corrected chi connectivity index (χ3v) is 5.57. The van der Waals surface area contributed by atoms with Crippen molar-refractivity contribution in [3.05, 3.63) is 53.6 Å². The average Bonchev–Trinajstić information content (AvgIpc) is 2.59. The smallest absolute Gasteiger partial charge is 0.264 e. The van der Waals surface area contributed by atoms with Gasteiger partial charge in [0.2, 0.25) is 5.91 Å². The minimum atomic E-state index is -3.95. The van der Waals surface area contributed by atoms with E-state index in [-0.39, 0.29) is 28.2 Å². The van der Waals surface area contributed by atoms with E-state index in [2.05, 4.69) is 5.32 Å². The van der Waals surface area contributed by atoms with Crippen molar-refractivity contribution in [2.24, 2.45) is 0 Å². The molecule has 0 aromatic heterocycles. The summed E-state index contributed by atoms with van der Waals surface area (Å²) in [7, 11) is -2.48. The van der Waals surface area contributed by atoms with Crippen LogP contribution < -0.4 is 14.4 Å². The molecule has 0 aliphatic carbocycles. The summed E-state index contributed by atoms with van der Waals surface area (Å²) in [6.45, 7) is 3.24. The van der Waals surface area contributed by atoms with Crippen molar-refractivity contribution < 1.29 is 17.9 Å². The number of sulfonamides is 1. The Kier molecular flexibility index (Phi) is 6.50. The van der Waals surface area contributed by atoms with Crippen LogP contribution in [0.1, 0.15) is 13.8 Å². The van der Waals surface area contributed by atoms with Crippen LogP contribution in [0.25, 0.3) is 0 Å². The molecule has 0 unspecified atom stereocenters. The van der Waals surface area contributed by atoms with Crippen molar-refractivity contribution >= 4 is 33.2 Å². The summed E-state index contributed by atoms with van der Waals surface area (Å²) in [6.07, 6.45) is 0. The number of benzene rings is 2. The Morgan fingerprint density at radius 3 is 2.38 bits per heavy atom.